The number of hydrogen-bond acceptors (Lipinski definition) is 4. The van der Waals surface area contributed by atoms with Crippen LogP contribution in [-0.4, -0.2) is 16.2 Å². The van der Waals surface area contributed by atoms with Gasteiger partial charge in [-0.05, 0) is 46.5 Å². The monoisotopic (exact) mass is 541 g/mol. The van der Waals surface area contributed by atoms with Gasteiger partial charge in [0.25, 0.3) is 0 Å². The van der Waals surface area contributed by atoms with Crippen molar-refractivity contribution in [1.29, 1.82) is 0 Å². The van der Waals surface area contributed by atoms with E-state index in [9.17, 15) is 0 Å². The van der Waals surface area contributed by atoms with Gasteiger partial charge in [0.05, 0.1) is 16.9 Å². The summed E-state index contributed by atoms with van der Waals surface area (Å²) in [5.74, 6) is 1.58. The van der Waals surface area contributed by atoms with Crippen molar-refractivity contribution in [1.82, 2.24) is 9.97 Å². The average molecular weight is 542 g/mol. The number of ether oxygens (including phenoxy) is 1. The van der Waals surface area contributed by atoms with Gasteiger partial charge in [-0.15, -0.1) is 0 Å². The maximum absolute atomic E-state index is 6.06. The Kier molecular flexibility index (Phi) is 5.71. The molecule has 200 valence electrons. The summed E-state index contributed by atoms with van der Waals surface area (Å²) in [4.78, 5) is 10.4. The number of nitrogens with one attached hydrogen (secondary N) is 1. The van der Waals surface area contributed by atoms with Crippen LogP contribution in [0.5, 0.6) is 5.75 Å². The van der Waals surface area contributed by atoms with Crippen LogP contribution in [0.15, 0.2) is 133 Å². The van der Waals surface area contributed by atoms with Gasteiger partial charge in [0.1, 0.15) is 5.75 Å². The van der Waals surface area contributed by atoms with E-state index in [1.807, 2.05) is 31.2 Å². The molecule has 0 radical (unpaired) electrons. The summed E-state index contributed by atoms with van der Waals surface area (Å²) in [6.45, 7) is 2.03. The summed E-state index contributed by atoms with van der Waals surface area (Å²) in [7, 11) is 0. The molecule has 8 rings (SSSR count). The molecule has 4 nitrogen and oxygen atoms in total. The van der Waals surface area contributed by atoms with Crippen molar-refractivity contribution < 1.29 is 4.74 Å². The number of para-hydroxylation sites is 2. The van der Waals surface area contributed by atoms with Gasteiger partial charge in [-0.1, -0.05) is 121 Å². The molecule has 1 unspecified atom stereocenters. The third-order valence-corrected chi connectivity index (χ3v) is 7.98. The molecule has 1 aliphatic heterocycles. The normalized spacial score (nSPS) is 14.0. The molecule has 0 fully saturated rings. The number of aromatic nitrogens is 2. The number of anilines is 1. The predicted molar refractivity (Wildman–Crippen MR) is 173 cm³/mol. The van der Waals surface area contributed by atoms with E-state index in [-0.39, 0.29) is 6.23 Å². The molecular formula is C38H27N3O. The molecule has 1 atom stereocenters. The van der Waals surface area contributed by atoms with Gasteiger partial charge in [-0.25, -0.2) is 9.97 Å². The Morgan fingerprint density at radius 3 is 2.17 bits per heavy atom. The maximum atomic E-state index is 6.06. The van der Waals surface area contributed by atoms with Crippen LogP contribution >= 0.6 is 0 Å². The van der Waals surface area contributed by atoms with Crippen LogP contribution < -0.4 is 10.1 Å². The topological polar surface area (TPSA) is 47.0 Å². The third kappa shape index (κ3) is 4.00. The highest BCUT2D eigenvalue weighted by atomic mass is 16.5. The standard InChI is InChI=1S/C38H27N3O/c1-24-39-37-30(19-11-21-34(37)42-24)29-23-22-25-12-5-6-15-27(25)35(29)28-16-7-8-17-31(28)38-40-33-20-10-9-18-32(33)36(41-38)26-13-3-2-4-14-26/h2-24,39H,1H3. The van der Waals surface area contributed by atoms with E-state index in [0.717, 1.165) is 61.4 Å². The maximum Gasteiger partial charge on any atom is 0.167 e. The fraction of sp³-hybridized carbons (Fsp3) is 0.0526. The van der Waals surface area contributed by atoms with Gasteiger partial charge in [-0.2, -0.15) is 0 Å². The number of fused-ring (bicyclic) bond motifs is 3. The molecule has 1 aromatic heterocycles. The highest BCUT2D eigenvalue weighted by molar-refractivity contribution is 6.08. The van der Waals surface area contributed by atoms with Gasteiger partial charge < -0.3 is 10.1 Å². The lowest BCUT2D eigenvalue weighted by Crippen LogP contribution is -2.14. The van der Waals surface area contributed by atoms with Crippen molar-refractivity contribution in [3.63, 3.8) is 0 Å². The van der Waals surface area contributed by atoms with Crippen LogP contribution in [0.3, 0.4) is 0 Å². The molecule has 42 heavy (non-hydrogen) atoms. The van der Waals surface area contributed by atoms with Crippen LogP contribution in [0.25, 0.3) is 66.6 Å². The second-order valence-electron chi connectivity index (χ2n) is 10.6. The molecule has 0 saturated heterocycles. The van der Waals surface area contributed by atoms with Crippen LogP contribution in [0.1, 0.15) is 6.92 Å². The van der Waals surface area contributed by atoms with Crippen molar-refractivity contribution in [2.75, 3.05) is 5.32 Å². The molecule has 0 amide bonds. The van der Waals surface area contributed by atoms with Gasteiger partial charge in [-0.3, -0.25) is 0 Å². The summed E-state index contributed by atoms with van der Waals surface area (Å²) in [6.07, 6.45) is -0.0836. The van der Waals surface area contributed by atoms with Gasteiger partial charge in [0.15, 0.2) is 12.1 Å². The summed E-state index contributed by atoms with van der Waals surface area (Å²) in [5.41, 5.74) is 9.41. The Hall–Kier alpha value is -5.48. The molecule has 6 aromatic carbocycles. The van der Waals surface area contributed by atoms with E-state index in [0.29, 0.717) is 5.82 Å². The smallest absolute Gasteiger partial charge is 0.167 e. The largest absolute Gasteiger partial charge is 0.469 e. The molecule has 0 spiro atoms. The zero-order valence-corrected chi connectivity index (χ0v) is 23.1. The average Bonchev–Trinajstić information content (AvgIpc) is 3.44. The van der Waals surface area contributed by atoms with E-state index in [1.54, 1.807) is 0 Å². The Morgan fingerprint density at radius 1 is 0.571 bits per heavy atom. The zero-order chi connectivity index (χ0) is 28.0. The molecule has 2 heterocycles. The summed E-state index contributed by atoms with van der Waals surface area (Å²) in [6, 6.07) is 46.4. The number of benzene rings is 6. The highest BCUT2D eigenvalue weighted by Crippen LogP contribution is 2.47. The second-order valence-corrected chi connectivity index (χ2v) is 10.6. The molecule has 1 aliphatic rings. The Balaban J connectivity index is 1.42. The first-order valence-corrected chi connectivity index (χ1v) is 14.2. The molecule has 4 heteroatoms. The first-order valence-electron chi connectivity index (χ1n) is 14.2. The van der Waals surface area contributed by atoms with Gasteiger partial charge in [0.2, 0.25) is 0 Å². The van der Waals surface area contributed by atoms with E-state index < -0.39 is 0 Å². The third-order valence-electron chi connectivity index (χ3n) is 7.98. The highest BCUT2D eigenvalue weighted by Gasteiger charge is 2.25. The lowest BCUT2D eigenvalue weighted by atomic mass is 9.87. The van der Waals surface area contributed by atoms with E-state index in [1.165, 1.54) is 10.8 Å². The molecular weight excluding hydrogens is 514 g/mol. The van der Waals surface area contributed by atoms with Crippen LogP contribution in [-0.2, 0) is 0 Å². The van der Waals surface area contributed by atoms with Crippen LogP contribution in [0, 0.1) is 0 Å². The summed E-state index contributed by atoms with van der Waals surface area (Å²) < 4.78 is 6.06. The molecule has 0 saturated carbocycles. The predicted octanol–water partition coefficient (Wildman–Crippen LogP) is 9.60. The molecule has 0 bridgehead atoms. The van der Waals surface area contributed by atoms with E-state index in [2.05, 4.69) is 115 Å². The first-order chi connectivity index (χ1) is 20.7. The van der Waals surface area contributed by atoms with Crippen molar-refractivity contribution >= 4 is 27.4 Å². The quantitative estimate of drug-likeness (QED) is 0.241. The first kappa shape index (κ1) is 24.3. The Morgan fingerprint density at radius 2 is 1.29 bits per heavy atom. The SMILES string of the molecule is CC1Nc2c(cccc2-c2ccc3ccccc3c2-c2ccccc2-c2nc(-c3ccccc3)c3ccccc3n2)O1. The summed E-state index contributed by atoms with van der Waals surface area (Å²) in [5, 5.41) is 6.93. The number of nitrogens with zero attached hydrogens (tertiary/aromatic N) is 2. The molecule has 7 aromatic rings. The minimum absolute atomic E-state index is 0.0836. The van der Waals surface area contributed by atoms with Crippen LogP contribution in [0.4, 0.5) is 5.69 Å². The number of hydrogen-bond donors (Lipinski definition) is 1. The number of rotatable bonds is 4. The van der Waals surface area contributed by atoms with Crippen molar-refractivity contribution in [2.24, 2.45) is 0 Å². The molecule has 0 aliphatic carbocycles. The Labute approximate surface area is 244 Å². The zero-order valence-electron chi connectivity index (χ0n) is 23.1. The fourth-order valence-corrected chi connectivity index (χ4v) is 6.12. The van der Waals surface area contributed by atoms with Crippen molar-refractivity contribution in [3.8, 4) is 50.6 Å². The fourth-order valence-electron chi connectivity index (χ4n) is 6.12. The summed E-state index contributed by atoms with van der Waals surface area (Å²) >= 11 is 0. The van der Waals surface area contributed by atoms with Gasteiger partial charge >= 0.3 is 0 Å². The van der Waals surface area contributed by atoms with Crippen molar-refractivity contribution in [3.05, 3.63) is 133 Å². The lowest BCUT2D eigenvalue weighted by Gasteiger charge is -2.19. The van der Waals surface area contributed by atoms with Crippen molar-refractivity contribution in [2.45, 2.75) is 13.2 Å². The minimum atomic E-state index is -0.0836. The molecule has 1 N–H and O–H groups in total. The van der Waals surface area contributed by atoms with E-state index >= 15 is 0 Å². The minimum Gasteiger partial charge on any atom is -0.469 e. The van der Waals surface area contributed by atoms with E-state index in [4.69, 9.17) is 14.7 Å². The van der Waals surface area contributed by atoms with Crippen LogP contribution in [0.2, 0.25) is 0 Å². The Bertz CT molecular complexity index is 2120. The van der Waals surface area contributed by atoms with Gasteiger partial charge in [0, 0.05) is 22.1 Å². The second kappa shape index (κ2) is 9.86. The lowest BCUT2D eigenvalue weighted by molar-refractivity contribution is 0.275.